The molecule has 2 amide bonds. The van der Waals surface area contributed by atoms with Gasteiger partial charge in [0.1, 0.15) is 10.1 Å². The van der Waals surface area contributed by atoms with E-state index in [1.807, 2.05) is 18.2 Å². The van der Waals surface area contributed by atoms with Gasteiger partial charge in [-0.3, -0.25) is 14.5 Å². The second kappa shape index (κ2) is 9.63. The highest BCUT2D eigenvalue weighted by Crippen LogP contribution is 2.34. The van der Waals surface area contributed by atoms with Gasteiger partial charge >= 0.3 is 0 Å². The van der Waals surface area contributed by atoms with Gasteiger partial charge in [0.15, 0.2) is 0 Å². The lowest BCUT2D eigenvalue weighted by Crippen LogP contribution is -2.29. The van der Waals surface area contributed by atoms with Crippen molar-refractivity contribution in [3.05, 3.63) is 63.0 Å². The summed E-state index contributed by atoms with van der Waals surface area (Å²) in [5.41, 5.74) is 0.992. The average Bonchev–Trinajstić information content (AvgIpc) is 2.94. The highest BCUT2D eigenvalue weighted by atomic mass is 35.5. The molecule has 0 saturated carbocycles. The zero-order chi connectivity index (χ0) is 21.0. The standard InChI is InChI=1S/C20H16Cl2N2O3S2/c21-13-7-8-16(25)15(11-13)23-18(26)6-3-9-24-19(27)17(29-20(24)28)10-12-4-1-2-5-14(12)22/h1-2,4-5,7-8,10-11,25H,3,6,9H2,(H,23,26)/b17-10-. The van der Waals surface area contributed by atoms with Crippen LogP contribution >= 0.6 is 47.2 Å². The number of nitrogens with zero attached hydrogens (tertiary/aromatic N) is 1. The number of carbonyl (C=O) groups is 2. The van der Waals surface area contributed by atoms with Crippen LogP contribution in [0.1, 0.15) is 18.4 Å². The second-order valence-corrected chi connectivity index (χ2v) is 8.69. The molecule has 2 aromatic rings. The number of carbonyl (C=O) groups excluding carboxylic acids is 2. The second-order valence-electron chi connectivity index (χ2n) is 6.17. The van der Waals surface area contributed by atoms with Crippen molar-refractivity contribution in [1.29, 1.82) is 0 Å². The van der Waals surface area contributed by atoms with Crippen molar-refractivity contribution in [2.24, 2.45) is 0 Å². The lowest BCUT2D eigenvalue weighted by atomic mass is 10.2. The Balaban J connectivity index is 1.56. The van der Waals surface area contributed by atoms with Crippen LogP contribution < -0.4 is 5.32 Å². The van der Waals surface area contributed by atoms with E-state index in [4.69, 9.17) is 35.4 Å². The quantitative estimate of drug-likeness (QED) is 0.342. The van der Waals surface area contributed by atoms with Gasteiger partial charge in [0.2, 0.25) is 5.91 Å². The summed E-state index contributed by atoms with van der Waals surface area (Å²) in [4.78, 5) is 26.7. The van der Waals surface area contributed by atoms with Crippen molar-refractivity contribution in [3.63, 3.8) is 0 Å². The van der Waals surface area contributed by atoms with Gasteiger partial charge in [-0.25, -0.2) is 0 Å². The van der Waals surface area contributed by atoms with Crippen LogP contribution in [0, 0.1) is 0 Å². The normalized spacial score (nSPS) is 15.2. The predicted octanol–water partition coefficient (Wildman–Crippen LogP) is 5.32. The smallest absolute Gasteiger partial charge is 0.266 e. The monoisotopic (exact) mass is 466 g/mol. The zero-order valence-electron chi connectivity index (χ0n) is 15.0. The third-order valence-corrected chi connectivity index (χ3v) is 6.04. The molecule has 1 aliphatic heterocycles. The number of hydrogen-bond donors (Lipinski definition) is 2. The third kappa shape index (κ3) is 5.51. The molecule has 1 heterocycles. The maximum absolute atomic E-state index is 12.6. The fourth-order valence-electron chi connectivity index (χ4n) is 2.64. The van der Waals surface area contributed by atoms with Crippen molar-refractivity contribution in [2.45, 2.75) is 12.8 Å². The number of thioether (sulfide) groups is 1. The van der Waals surface area contributed by atoms with Gasteiger partial charge in [-0.1, -0.05) is 65.4 Å². The molecule has 0 aromatic heterocycles. The molecule has 1 aliphatic rings. The van der Waals surface area contributed by atoms with Crippen LogP contribution in [0.2, 0.25) is 10.0 Å². The zero-order valence-corrected chi connectivity index (χ0v) is 18.2. The largest absolute Gasteiger partial charge is 0.506 e. The summed E-state index contributed by atoms with van der Waals surface area (Å²) < 4.78 is 0.446. The number of rotatable bonds is 6. The number of aromatic hydroxyl groups is 1. The lowest BCUT2D eigenvalue weighted by molar-refractivity contribution is -0.122. The molecule has 9 heteroatoms. The molecule has 3 rings (SSSR count). The Labute approximate surface area is 187 Å². The van der Waals surface area contributed by atoms with Crippen molar-refractivity contribution < 1.29 is 14.7 Å². The van der Waals surface area contributed by atoms with Gasteiger partial charge in [0, 0.05) is 23.0 Å². The molecular formula is C20H16Cl2N2O3S2. The summed E-state index contributed by atoms with van der Waals surface area (Å²) >= 11 is 18.5. The Kier molecular flexibility index (Phi) is 7.18. The summed E-state index contributed by atoms with van der Waals surface area (Å²) in [6.45, 7) is 0.319. The van der Waals surface area contributed by atoms with Crippen molar-refractivity contribution in [2.75, 3.05) is 11.9 Å². The molecule has 2 aromatic carbocycles. The van der Waals surface area contributed by atoms with Crippen molar-refractivity contribution in [3.8, 4) is 5.75 Å². The lowest BCUT2D eigenvalue weighted by Gasteiger charge is -2.14. The molecule has 0 aliphatic carbocycles. The van der Waals surface area contributed by atoms with Gasteiger partial charge in [0.25, 0.3) is 5.91 Å². The first kappa shape index (κ1) is 21.6. The van der Waals surface area contributed by atoms with E-state index in [0.29, 0.717) is 32.2 Å². The SMILES string of the molecule is O=C(CCCN1C(=O)/C(=C/c2ccccc2Cl)SC1=S)Nc1cc(Cl)ccc1O. The number of nitrogens with one attached hydrogen (secondary N) is 1. The Morgan fingerprint density at radius 2 is 2.00 bits per heavy atom. The fraction of sp³-hybridized carbons (Fsp3) is 0.150. The Bertz CT molecular complexity index is 1010. The highest BCUT2D eigenvalue weighted by molar-refractivity contribution is 8.26. The summed E-state index contributed by atoms with van der Waals surface area (Å²) in [5, 5.41) is 13.3. The maximum Gasteiger partial charge on any atom is 0.266 e. The summed E-state index contributed by atoms with van der Waals surface area (Å²) in [6.07, 6.45) is 2.29. The van der Waals surface area contributed by atoms with Crippen molar-refractivity contribution >= 4 is 75.1 Å². The number of thiocarbonyl (C=S) groups is 1. The van der Waals surface area contributed by atoms with Gasteiger partial charge < -0.3 is 10.4 Å². The van der Waals surface area contributed by atoms with E-state index < -0.39 is 0 Å². The van der Waals surface area contributed by atoms with Gasteiger partial charge in [-0.2, -0.15) is 0 Å². The number of benzene rings is 2. The summed E-state index contributed by atoms with van der Waals surface area (Å²) in [7, 11) is 0. The molecule has 5 nitrogen and oxygen atoms in total. The Morgan fingerprint density at radius 3 is 2.76 bits per heavy atom. The number of hydrogen-bond acceptors (Lipinski definition) is 5. The van der Waals surface area contributed by atoms with E-state index in [0.717, 1.165) is 5.56 Å². The third-order valence-electron chi connectivity index (χ3n) is 4.08. The van der Waals surface area contributed by atoms with Gasteiger partial charge in [-0.15, -0.1) is 0 Å². The molecule has 150 valence electrons. The number of amides is 2. The summed E-state index contributed by atoms with van der Waals surface area (Å²) in [6, 6.07) is 11.6. The molecule has 0 bridgehead atoms. The first-order valence-electron chi connectivity index (χ1n) is 8.63. The van der Waals surface area contributed by atoms with E-state index in [2.05, 4.69) is 5.32 Å². The van der Waals surface area contributed by atoms with Crippen LogP contribution in [-0.4, -0.2) is 32.7 Å². The molecule has 1 saturated heterocycles. The molecule has 29 heavy (non-hydrogen) atoms. The predicted molar refractivity (Wildman–Crippen MR) is 122 cm³/mol. The molecule has 2 N–H and O–H groups in total. The number of halogens is 2. The maximum atomic E-state index is 12.6. The fourth-order valence-corrected chi connectivity index (χ4v) is 4.31. The molecule has 0 radical (unpaired) electrons. The van der Waals surface area contributed by atoms with Crippen LogP contribution in [-0.2, 0) is 9.59 Å². The minimum Gasteiger partial charge on any atom is -0.506 e. The van der Waals surface area contributed by atoms with Crippen LogP contribution in [0.3, 0.4) is 0 Å². The Morgan fingerprint density at radius 1 is 1.24 bits per heavy atom. The topological polar surface area (TPSA) is 69.6 Å². The summed E-state index contributed by atoms with van der Waals surface area (Å²) in [5.74, 6) is -0.558. The number of phenols is 1. The molecule has 0 atom stereocenters. The van der Waals surface area contributed by atoms with Gasteiger partial charge in [-0.05, 0) is 42.3 Å². The number of anilines is 1. The van der Waals surface area contributed by atoms with Crippen LogP contribution in [0.4, 0.5) is 5.69 Å². The minimum absolute atomic E-state index is 0.0654. The minimum atomic E-state index is -0.292. The van der Waals surface area contributed by atoms with Crippen LogP contribution in [0.25, 0.3) is 6.08 Å². The van der Waals surface area contributed by atoms with E-state index in [1.165, 1.54) is 34.9 Å². The highest BCUT2D eigenvalue weighted by Gasteiger charge is 2.31. The average molecular weight is 467 g/mol. The van der Waals surface area contributed by atoms with Crippen molar-refractivity contribution in [1.82, 2.24) is 4.90 Å². The first-order valence-corrected chi connectivity index (χ1v) is 10.6. The van der Waals surface area contributed by atoms with Crippen LogP contribution in [0.15, 0.2) is 47.4 Å². The Hall–Kier alpha value is -2.06. The molecular weight excluding hydrogens is 451 g/mol. The van der Waals surface area contributed by atoms with Gasteiger partial charge in [0.05, 0.1) is 10.6 Å². The molecule has 0 unspecified atom stereocenters. The molecule has 0 spiro atoms. The van der Waals surface area contributed by atoms with Crippen LogP contribution in [0.5, 0.6) is 5.75 Å². The van der Waals surface area contributed by atoms with E-state index >= 15 is 0 Å². The van der Waals surface area contributed by atoms with E-state index in [1.54, 1.807) is 12.1 Å². The van der Waals surface area contributed by atoms with E-state index in [-0.39, 0.29) is 29.7 Å². The number of phenolic OH excluding ortho intramolecular Hbond substituents is 1. The molecule has 1 fully saturated rings. The first-order chi connectivity index (χ1) is 13.8. The van der Waals surface area contributed by atoms with E-state index in [9.17, 15) is 14.7 Å².